The first kappa shape index (κ1) is 20.1. The second kappa shape index (κ2) is 8.19. The SMILES string of the molecule is COc1ccc(OC)c([C@H]2CCC[NH+]2CC(=O)c2[nH]c(C)c(C(C)=O)c2C)c1. The maximum absolute atomic E-state index is 13.0. The number of ether oxygens (including phenoxy) is 2. The normalized spacial score (nSPS) is 18.9. The molecule has 3 rings (SSSR count). The Morgan fingerprint density at radius 1 is 1.21 bits per heavy atom. The van der Waals surface area contributed by atoms with Gasteiger partial charge in [-0.05, 0) is 44.5 Å². The Labute approximate surface area is 165 Å². The summed E-state index contributed by atoms with van der Waals surface area (Å²) in [5.74, 6) is 1.63. The highest BCUT2D eigenvalue weighted by Crippen LogP contribution is 2.31. The van der Waals surface area contributed by atoms with Crippen LogP contribution in [0.2, 0.25) is 0 Å². The van der Waals surface area contributed by atoms with Crippen molar-refractivity contribution in [2.24, 2.45) is 0 Å². The number of likely N-dealkylation sites (tertiary alicyclic amines) is 1. The van der Waals surface area contributed by atoms with Crippen molar-refractivity contribution in [3.63, 3.8) is 0 Å². The highest BCUT2D eigenvalue weighted by atomic mass is 16.5. The summed E-state index contributed by atoms with van der Waals surface area (Å²) in [5.41, 5.74) is 3.77. The van der Waals surface area contributed by atoms with Gasteiger partial charge in [-0.3, -0.25) is 9.59 Å². The average Bonchev–Trinajstić information content (AvgIpc) is 3.24. The minimum Gasteiger partial charge on any atom is -0.497 e. The Morgan fingerprint density at radius 2 is 1.96 bits per heavy atom. The van der Waals surface area contributed by atoms with Gasteiger partial charge in [0.2, 0.25) is 5.78 Å². The van der Waals surface area contributed by atoms with Crippen LogP contribution in [-0.4, -0.2) is 43.9 Å². The Kier molecular flexibility index (Phi) is 5.89. The van der Waals surface area contributed by atoms with Crippen LogP contribution in [0.4, 0.5) is 0 Å². The molecule has 1 aliphatic heterocycles. The maximum atomic E-state index is 13.0. The lowest BCUT2D eigenvalue weighted by atomic mass is 10.0. The lowest BCUT2D eigenvalue weighted by Gasteiger charge is -2.23. The third kappa shape index (κ3) is 3.69. The summed E-state index contributed by atoms with van der Waals surface area (Å²) in [5, 5.41) is 0. The molecule has 2 atom stereocenters. The molecule has 0 spiro atoms. The second-order valence-corrected chi connectivity index (χ2v) is 7.49. The van der Waals surface area contributed by atoms with E-state index in [1.165, 1.54) is 11.8 Å². The summed E-state index contributed by atoms with van der Waals surface area (Å²) in [7, 11) is 3.32. The van der Waals surface area contributed by atoms with Gasteiger partial charge in [0, 0.05) is 24.1 Å². The Bertz CT molecular complexity index is 900. The quantitative estimate of drug-likeness (QED) is 0.718. The van der Waals surface area contributed by atoms with Crippen molar-refractivity contribution < 1.29 is 24.0 Å². The van der Waals surface area contributed by atoms with E-state index in [1.807, 2.05) is 32.0 Å². The van der Waals surface area contributed by atoms with E-state index in [9.17, 15) is 9.59 Å². The number of H-pyrrole nitrogens is 1. The van der Waals surface area contributed by atoms with E-state index < -0.39 is 0 Å². The van der Waals surface area contributed by atoms with Gasteiger partial charge in [-0.15, -0.1) is 0 Å². The van der Waals surface area contributed by atoms with E-state index in [-0.39, 0.29) is 17.6 Å². The molecule has 6 nitrogen and oxygen atoms in total. The van der Waals surface area contributed by atoms with Crippen molar-refractivity contribution in [2.45, 2.75) is 39.7 Å². The number of aryl methyl sites for hydroxylation is 1. The molecule has 1 aromatic heterocycles. The summed E-state index contributed by atoms with van der Waals surface area (Å²) in [6.45, 7) is 6.52. The number of hydrogen-bond donors (Lipinski definition) is 2. The third-order valence-electron chi connectivity index (χ3n) is 5.75. The number of benzene rings is 1. The van der Waals surface area contributed by atoms with Crippen molar-refractivity contribution >= 4 is 11.6 Å². The van der Waals surface area contributed by atoms with Crippen LogP contribution in [0.5, 0.6) is 11.5 Å². The standard InChI is InChI=1S/C22H28N2O4/c1-13-21(15(3)25)14(2)23-22(13)19(26)12-24-10-6-7-18(24)17-11-16(27-4)8-9-20(17)28-5/h8-9,11,18,23H,6-7,10,12H2,1-5H3/p+1/t18-/m1/s1. The zero-order valence-electron chi connectivity index (χ0n) is 17.3. The monoisotopic (exact) mass is 385 g/mol. The molecular formula is C22H29N2O4+. The number of quaternary nitrogens is 1. The first-order valence-corrected chi connectivity index (χ1v) is 9.67. The third-order valence-corrected chi connectivity index (χ3v) is 5.75. The Morgan fingerprint density at radius 3 is 2.57 bits per heavy atom. The summed E-state index contributed by atoms with van der Waals surface area (Å²) >= 11 is 0. The number of carbonyl (C=O) groups excluding carboxylic acids is 2. The van der Waals surface area contributed by atoms with E-state index in [0.717, 1.165) is 47.7 Å². The smallest absolute Gasteiger partial charge is 0.233 e. The van der Waals surface area contributed by atoms with Crippen LogP contribution < -0.4 is 14.4 Å². The van der Waals surface area contributed by atoms with Crippen molar-refractivity contribution in [3.05, 3.63) is 46.3 Å². The Balaban J connectivity index is 1.86. The van der Waals surface area contributed by atoms with Crippen LogP contribution in [0, 0.1) is 13.8 Å². The second-order valence-electron chi connectivity index (χ2n) is 7.49. The zero-order chi connectivity index (χ0) is 20.4. The number of hydrogen-bond acceptors (Lipinski definition) is 4. The highest BCUT2D eigenvalue weighted by Gasteiger charge is 2.35. The number of methoxy groups -OCH3 is 2. The number of aromatic amines is 1. The van der Waals surface area contributed by atoms with Gasteiger partial charge >= 0.3 is 0 Å². The first-order chi connectivity index (χ1) is 13.4. The van der Waals surface area contributed by atoms with Crippen molar-refractivity contribution in [1.29, 1.82) is 0 Å². The van der Waals surface area contributed by atoms with E-state index in [0.29, 0.717) is 17.8 Å². The van der Waals surface area contributed by atoms with Crippen molar-refractivity contribution in [3.8, 4) is 11.5 Å². The molecule has 0 amide bonds. The molecule has 1 unspecified atom stereocenters. The molecule has 1 aliphatic rings. The molecule has 0 bridgehead atoms. The lowest BCUT2D eigenvalue weighted by Crippen LogP contribution is -3.11. The highest BCUT2D eigenvalue weighted by molar-refractivity contribution is 6.03. The van der Waals surface area contributed by atoms with Crippen molar-refractivity contribution in [1.82, 2.24) is 4.98 Å². The molecule has 0 aliphatic carbocycles. The minimum absolute atomic E-state index is 0.0159. The van der Waals surface area contributed by atoms with Gasteiger partial charge in [0.1, 0.15) is 24.1 Å². The van der Waals surface area contributed by atoms with E-state index in [4.69, 9.17) is 9.47 Å². The van der Waals surface area contributed by atoms with Crippen LogP contribution in [-0.2, 0) is 0 Å². The molecule has 1 saturated heterocycles. The van der Waals surface area contributed by atoms with Crippen LogP contribution in [0.1, 0.15) is 63.5 Å². The largest absolute Gasteiger partial charge is 0.497 e. The summed E-state index contributed by atoms with van der Waals surface area (Å²) in [4.78, 5) is 29.3. The minimum atomic E-state index is -0.0159. The van der Waals surface area contributed by atoms with Crippen LogP contribution in [0.3, 0.4) is 0 Å². The molecule has 6 heteroatoms. The van der Waals surface area contributed by atoms with Gasteiger partial charge in [-0.2, -0.15) is 0 Å². The molecular weight excluding hydrogens is 356 g/mol. The topological polar surface area (TPSA) is 72.8 Å². The van der Waals surface area contributed by atoms with Crippen LogP contribution in [0.15, 0.2) is 18.2 Å². The fourth-order valence-electron chi connectivity index (χ4n) is 4.46. The Hall–Kier alpha value is -2.60. The molecule has 150 valence electrons. The van der Waals surface area contributed by atoms with E-state index in [1.54, 1.807) is 14.2 Å². The fraction of sp³-hybridized carbons (Fsp3) is 0.455. The molecule has 1 aromatic carbocycles. The van der Waals surface area contributed by atoms with E-state index >= 15 is 0 Å². The predicted molar refractivity (Wildman–Crippen MR) is 107 cm³/mol. The average molecular weight is 385 g/mol. The number of rotatable bonds is 7. The van der Waals surface area contributed by atoms with Crippen LogP contribution >= 0.6 is 0 Å². The van der Waals surface area contributed by atoms with Gasteiger partial charge in [0.25, 0.3) is 0 Å². The summed E-state index contributed by atoms with van der Waals surface area (Å²) < 4.78 is 10.9. The number of nitrogens with one attached hydrogen (secondary N) is 2. The number of ketones is 2. The fourth-order valence-corrected chi connectivity index (χ4v) is 4.46. The van der Waals surface area contributed by atoms with E-state index in [2.05, 4.69) is 4.98 Å². The summed E-state index contributed by atoms with van der Waals surface area (Å²) in [6, 6.07) is 6.00. The van der Waals surface area contributed by atoms with Gasteiger partial charge in [-0.25, -0.2) is 0 Å². The maximum Gasteiger partial charge on any atom is 0.233 e. The van der Waals surface area contributed by atoms with Crippen molar-refractivity contribution in [2.75, 3.05) is 27.3 Å². The molecule has 0 radical (unpaired) electrons. The lowest BCUT2D eigenvalue weighted by molar-refractivity contribution is -0.910. The number of Topliss-reactive ketones (excluding diaryl/α,β-unsaturated/α-hetero) is 2. The summed E-state index contributed by atoms with van der Waals surface area (Å²) in [6.07, 6.45) is 2.04. The molecule has 1 fully saturated rings. The number of carbonyl (C=O) groups is 2. The molecule has 28 heavy (non-hydrogen) atoms. The predicted octanol–water partition coefficient (Wildman–Crippen LogP) is 2.45. The first-order valence-electron chi connectivity index (χ1n) is 9.67. The van der Waals surface area contributed by atoms with Crippen LogP contribution in [0.25, 0.3) is 0 Å². The van der Waals surface area contributed by atoms with Gasteiger partial charge in [0.15, 0.2) is 5.78 Å². The molecule has 0 saturated carbocycles. The van der Waals surface area contributed by atoms with Gasteiger partial charge in [-0.1, -0.05) is 0 Å². The molecule has 2 N–H and O–H groups in total. The van der Waals surface area contributed by atoms with Gasteiger partial charge in [0.05, 0.1) is 32.0 Å². The molecule has 2 aromatic rings. The van der Waals surface area contributed by atoms with Gasteiger partial charge < -0.3 is 19.4 Å². The molecule has 2 heterocycles. The number of aromatic nitrogens is 1. The zero-order valence-corrected chi connectivity index (χ0v) is 17.3.